The van der Waals surface area contributed by atoms with E-state index in [9.17, 15) is 19.8 Å². The number of rotatable bonds is 2. The summed E-state index contributed by atoms with van der Waals surface area (Å²) in [6, 6.07) is 0. The number of carbonyl (C=O) groups excluding carboxylic acids is 2. The molecule has 3 saturated carbocycles. The Kier molecular flexibility index (Phi) is 4.11. The number of halogens is 1. The number of Topliss-reactive ketones (excluding diaryl/α,β-unsaturated/α-hetero) is 2. The van der Waals surface area contributed by atoms with Gasteiger partial charge < -0.3 is 10.2 Å². The first-order chi connectivity index (χ1) is 12.6. The molecule has 0 spiro atoms. The van der Waals surface area contributed by atoms with Crippen LogP contribution >= 0.6 is 0 Å². The van der Waals surface area contributed by atoms with Gasteiger partial charge in [-0.1, -0.05) is 31.6 Å². The Morgan fingerprint density at radius 2 is 2.04 bits per heavy atom. The third kappa shape index (κ3) is 2.27. The largest absolute Gasteiger partial charge is 0.389 e. The summed E-state index contributed by atoms with van der Waals surface area (Å²) in [6.45, 7) is 7.49. The number of hydrogen-bond acceptors (Lipinski definition) is 4. The maximum atomic E-state index is 16.7. The fraction of sp³-hybridized carbons (Fsp3) is 0.727. The van der Waals surface area contributed by atoms with Gasteiger partial charge in [0.1, 0.15) is 18.4 Å². The summed E-state index contributed by atoms with van der Waals surface area (Å²) < 4.78 is 16.7. The number of aliphatic hydroxyl groups excluding tert-OH is 2. The Labute approximate surface area is 159 Å². The van der Waals surface area contributed by atoms with Crippen molar-refractivity contribution in [3.63, 3.8) is 0 Å². The molecular weight excluding hydrogens is 347 g/mol. The van der Waals surface area contributed by atoms with Crippen molar-refractivity contribution in [3.05, 3.63) is 23.8 Å². The average molecular weight is 376 g/mol. The molecule has 3 fully saturated rings. The van der Waals surface area contributed by atoms with Crippen LogP contribution in [0.5, 0.6) is 0 Å². The molecule has 0 heterocycles. The molecule has 0 bridgehead atoms. The second kappa shape index (κ2) is 5.84. The minimum Gasteiger partial charge on any atom is -0.389 e. The summed E-state index contributed by atoms with van der Waals surface area (Å²) in [4.78, 5) is 24.7. The molecule has 4 aliphatic carbocycles. The van der Waals surface area contributed by atoms with Gasteiger partial charge in [-0.05, 0) is 55.4 Å². The van der Waals surface area contributed by atoms with Crippen molar-refractivity contribution >= 4 is 11.6 Å². The minimum absolute atomic E-state index is 0.00965. The molecule has 0 amide bonds. The van der Waals surface area contributed by atoms with Crippen molar-refractivity contribution in [1.29, 1.82) is 0 Å². The molecule has 148 valence electrons. The molecule has 4 aliphatic rings. The number of fused-ring (bicyclic) bond motifs is 5. The monoisotopic (exact) mass is 376 g/mol. The van der Waals surface area contributed by atoms with Crippen LogP contribution in [0, 0.1) is 28.6 Å². The van der Waals surface area contributed by atoms with E-state index in [1.54, 1.807) is 6.08 Å². The van der Waals surface area contributed by atoms with Gasteiger partial charge in [0.25, 0.3) is 0 Å². The van der Waals surface area contributed by atoms with E-state index in [1.807, 2.05) is 6.92 Å². The first-order valence-electron chi connectivity index (χ1n) is 10.0. The van der Waals surface area contributed by atoms with Crippen LogP contribution in [-0.4, -0.2) is 40.2 Å². The predicted molar refractivity (Wildman–Crippen MR) is 98.6 cm³/mol. The smallest absolute Gasteiger partial charge is 0.166 e. The molecule has 0 radical (unpaired) electrons. The maximum absolute atomic E-state index is 16.7. The zero-order valence-electron chi connectivity index (χ0n) is 16.1. The van der Waals surface area contributed by atoms with E-state index in [-0.39, 0.29) is 35.2 Å². The van der Waals surface area contributed by atoms with Gasteiger partial charge in [-0.15, -0.1) is 0 Å². The Hall–Kier alpha value is -1.33. The summed E-state index contributed by atoms with van der Waals surface area (Å²) in [5.41, 5.74) is -1.10. The minimum atomic E-state index is -1.52. The molecule has 0 aromatic carbocycles. The Morgan fingerprint density at radius 3 is 2.70 bits per heavy atom. The third-order valence-corrected chi connectivity index (χ3v) is 8.54. The second-order valence-corrected chi connectivity index (χ2v) is 9.65. The molecule has 4 nitrogen and oxygen atoms in total. The lowest BCUT2D eigenvalue weighted by Crippen LogP contribution is -2.62. The van der Waals surface area contributed by atoms with Crippen LogP contribution in [0.1, 0.15) is 52.4 Å². The number of aliphatic hydroxyl groups is 2. The Bertz CT molecular complexity index is 757. The Morgan fingerprint density at radius 1 is 1.33 bits per heavy atom. The zero-order chi connectivity index (χ0) is 19.8. The van der Waals surface area contributed by atoms with Crippen LogP contribution in [0.3, 0.4) is 0 Å². The highest BCUT2D eigenvalue weighted by atomic mass is 19.1. The highest BCUT2D eigenvalue weighted by molar-refractivity contribution is 5.88. The number of alkyl halides is 1. The molecule has 27 heavy (non-hydrogen) atoms. The molecule has 0 aliphatic heterocycles. The highest BCUT2D eigenvalue weighted by Crippen LogP contribution is 2.70. The van der Waals surface area contributed by atoms with Gasteiger partial charge in [0.15, 0.2) is 11.6 Å². The summed E-state index contributed by atoms with van der Waals surface area (Å²) in [6.07, 6.45) is 3.28. The fourth-order valence-electron chi connectivity index (χ4n) is 7.12. The van der Waals surface area contributed by atoms with Crippen molar-refractivity contribution in [1.82, 2.24) is 0 Å². The van der Waals surface area contributed by atoms with Crippen molar-refractivity contribution in [3.8, 4) is 0 Å². The van der Waals surface area contributed by atoms with Crippen LogP contribution in [-0.2, 0) is 9.59 Å². The average Bonchev–Trinajstić information content (AvgIpc) is 2.87. The van der Waals surface area contributed by atoms with Gasteiger partial charge in [-0.3, -0.25) is 9.59 Å². The van der Waals surface area contributed by atoms with E-state index < -0.39 is 29.7 Å². The number of hydrogen-bond donors (Lipinski definition) is 2. The first kappa shape index (κ1) is 19.0. The Balaban J connectivity index is 1.75. The number of ketones is 2. The van der Waals surface area contributed by atoms with Gasteiger partial charge >= 0.3 is 0 Å². The fourth-order valence-corrected chi connectivity index (χ4v) is 7.12. The molecule has 0 aromatic heterocycles. The summed E-state index contributed by atoms with van der Waals surface area (Å²) in [7, 11) is 0. The number of allylic oxidation sites excluding steroid dienone is 2. The van der Waals surface area contributed by atoms with E-state index in [0.29, 0.717) is 32.1 Å². The molecule has 2 N–H and O–H groups in total. The van der Waals surface area contributed by atoms with E-state index in [0.717, 1.165) is 11.1 Å². The van der Waals surface area contributed by atoms with Crippen molar-refractivity contribution in [2.24, 2.45) is 28.6 Å². The van der Waals surface area contributed by atoms with Gasteiger partial charge in [-0.25, -0.2) is 4.39 Å². The lowest BCUT2D eigenvalue weighted by atomic mass is 9.45. The van der Waals surface area contributed by atoms with Crippen molar-refractivity contribution in [2.75, 3.05) is 6.61 Å². The summed E-state index contributed by atoms with van der Waals surface area (Å²) in [5.74, 6) is -1.18. The van der Waals surface area contributed by atoms with Gasteiger partial charge in [0.2, 0.25) is 0 Å². The third-order valence-electron chi connectivity index (χ3n) is 8.54. The van der Waals surface area contributed by atoms with E-state index in [1.165, 1.54) is 0 Å². The van der Waals surface area contributed by atoms with Crippen molar-refractivity contribution < 1.29 is 24.2 Å². The summed E-state index contributed by atoms with van der Waals surface area (Å²) in [5, 5.41) is 19.4. The highest BCUT2D eigenvalue weighted by Gasteiger charge is 2.68. The molecular formula is C22H29FO4. The summed E-state index contributed by atoms with van der Waals surface area (Å²) >= 11 is 0. The normalized spacial score (nSPS) is 49.1. The topological polar surface area (TPSA) is 74.6 Å². The zero-order valence-corrected chi connectivity index (χ0v) is 16.1. The SMILES string of the molecule is C=C1C[C@H]2[C@@H]3CCC4=CC(O)C(=O)C[C@]4(C)[C@@]3(F)CC[C@]2(C)[C@H]1C(=O)CO. The standard InChI is InChI=1S/C22H29FO4/c1-12-8-15-14-5-4-13-9-16(25)17(26)10-21(13,3)22(14,23)7-6-20(15,2)19(12)18(27)11-24/h9,14-16,19,24-25H,1,4-8,10-11H2,2-3H3/t14-,15-,16?,19+,20-,21-,22+/m0/s1. The van der Waals surface area contributed by atoms with Crippen LogP contribution in [0.25, 0.3) is 0 Å². The van der Waals surface area contributed by atoms with E-state index in [4.69, 9.17) is 0 Å². The van der Waals surface area contributed by atoms with Gasteiger partial charge in [-0.2, -0.15) is 0 Å². The molecule has 5 heteroatoms. The van der Waals surface area contributed by atoms with Gasteiger partial charge in [0, 0.05) is 17.8 Å². The molecule has 7 atom stereocenters. The van der Waals surface area contributed by atoms with Crippen LogP contribution in [0.15, 0.2) is 23.8 Å². The number of carbonyl (C=O) groups is 2. The predicted octanol–water partition coefficient (Wildman–Crippen LogP) is 2.92. The second-order valence-electron chi connectivity index (χ2n) is 9.65. The molecule has 0 saturated heterocycles. The van der Waals surface area contributed by atoms with E-state index in [2.05, 4.69) is 13.5 Å². The maximum Gasteiger partial charge on any atom is 0.166 e. The molecule has 4 rings (SSSR count). The lowest BCUT2D eigenvalue weighted by molar-refractivity contribution is -0.159. The van der Waals surface area contributed by atoms with Crippen LogP contribution in [0.2, 0.25) is 0 Å². The van der Waals surface area contributed by atoms with Crippen LogP contribution in [0.4, 0.5) is 4.39 Å². The lowest BCUT2D eigenvalue weighted by Gasteiger charge is -2.61. The van der Waals surface area contributed by atoms with Gasteiger partial charge in [0.05, 0.1) is 0 Å². The van der Waals surface area contributed by atoms with E-state index >= 15 is 4.39 Å². The van der Waals surface area contributed by atoms with Crippen molar-refractivity contribution in [2.45, 2.75) is 64.1 Å². The molecule has 1 unspecified atom stereocenters. The quantitative estimate of drug-likeness (QED) is 0.727. The first-order valence-corrected chi connectivity index (χ1v) is 10.0. The van der Waals surface area contributed by atoms with Crippen LogP contribution < -0.4 is 0 Å². The molecule has 0 aromatic rings.